The molecular formula is C29H40N4O2. The Morgan fingerprint density at radius 3 is 2.69 bits per heavy atom. The van der Waals surface area contributed by atoms with Gasteiger partial charge in [-0.3, -0.25) is 9.78 Å². The summed E-state index contributed by atoms with van der Waals surface area (Å²) < 4.78 is 5.81. The van der Waals surface area contributed by atoms with E-state index in [-0.39, 0.29) is 17.4 Å². The number of ether oxygens (including phenoxy) is 1. The number of pyridine rings is 1. The van der Waals surface area contributed by atoms with E-state index in [1.165, 1.54) is 50.0 Å². The molecule has 1 aromatic heterocycles. The number of aryl methyl sites for hydroxylation is 1. The molecule has 2 unspecified atom stereocenters. The van der Waals surface area contributed by atoms with Crippen molar-refractivity contribution in [3.63, 3.8) is 0 Å². The third kappa shape index (κ3) is 5.39. The summed E-state index contributed by atoms with van der Waals surface area (Å²) in [5.41, 5.74) is 3.89. The van der Waals surface area contributed by atoms with Crippen molar-refractivity contribution in [1.82, 2.24) is 14.8 Å². The van der Waals surface area contributed by atoms with Crippen molar-refractivity contribution in [3.05, 3.63) is 59.9 Å². The van der Waals surface area contributed by atoms with Crippen LogP contribution in [0.25, 0.3) is 0 Å². The zero-order valence-corrected chi connectivity index (χ0v) is 21.1. The number of nitrogens with zero attached hydrogens (tertiary/aromatic N) is 3. The van der Waals surface area contributed by atoms with Crippen molar-refractivity contribution in [3.8, 4) is 0 Å². The molecule has 0 spiro atoms. The van der Waals surface area contributed by atoms with E-state index in [0.29, 0.717) is 0 Å². The number of likely N-dealkylation sites (tertiary alicyclic amines) is 2. The highest BCUT2D eigenvalue weighted by molar-refractivity contribution is 5.82. The van der Waals surface area contributed by atoms with Gasteiger partial charge in [-0.1, -0.05) is 24.3 Å². The first-order valence-corrected chi connectivity index (χ1v) is 13.5. The lowest BCUT2D eigenvalue weighted by atomic mass is 9.70. The van der Waals surface area contributed by atoms with E-state index in [2.05, 4.69) is 51.7 Å². The molecule has 0 radical (unpaired) electrons. The van der Waals surface area contributed by atoms with Gasteiger partial charge >= 0.3 is 0 Å². The number of methoxy groups -OCH3 is 1. The summed E-state index contributed by atoms with van der Waals surface area (Å²) in [6.45, 7) is 5.24. The van der Waals surface area contributed by atoms with Crippen LogP contribution < -0.4 is 5.32 Å². The fourth-order valence-electron chi connectivity index (χ4n) is 6.47. The number of rotatable bonds is 8. The first-order chi connectivity index (χ1) is 17.2. The molecule has 0 saturated carbocycles. The molecule has 5 rings (SSSR count). The van der Waals surface area contributed by atoms with Gasteiger partial charge in [0.2, 0.25) is 0 Å². The maximum Gasteiger partial charge on any atom is 0.253 e. The van der Waals surface area contributed by atoms with Crippen LogP contribution in [0.1, 0.15) is 56.1 Å². The SMILES string of the molecule is COC(C(=O)N1CCC(CCCN2CCCC2)(c2cccnc2)CC1)C1CCc2ccccc2N1. The monoisotopic (exact) mass is 476 g/mol. The summed E-state index contributed by atoms with van der Waals surface area (Å²) in [4.78, 5) is 22.7. The number of piperidine rings is 1. The van der Waals surface area contributed by atoms with E-state index >= 15 is 0 Å². The largest absolute Gasteiger partial charge is 0.379 e. The van der Waals surface area contributed by atoms with Crippen LogP contribution in [0.2, 0.25) is 0 Å². The first-order valence-electron chi connectivity index (χ1n) is 13.5. The van der Waals surface area contributed by atoms with Crippen molar-refractivity contribution in [2.75, 3.05) is 45.2 Å². The van der Waals surface area contributed by atoms with Gasteiger partial charge in [0.05, 0.1) is 6.04 Å². The Morgan fingerprint density at radius 1 is 1.14 bits per heavy atom. The zero-order valence-electron chi connectivity index (χ0n) is 21.1. The van der Waals surface area contributed by atoms with Crippen LogP contribution in [0.4, 0.5) is 5.69 Å². The summed E-state index contributed by atoms with van der Waals surface area (Å²) in [5, 5.41) is 3.58. The average Bonchev–Trinajstić information content (AvgIpc) is 3.43. The van der Waals surface area contributed by atoms with Crippen molar-refractivity contribution >= 4 is 11.6 Å². The van der Waals surface area contributed by atoms with Gasteiger partial charge in [0.15, 0.2) is 6.10 Å². The molecule has 4 heterocycles. The highest BCUT2D eigenvalue weighted by atomic mass is 16.5. The van der Waals surface area contributed by atoms with Crippen LogP contribution in [0.5, 0.6) is 0 Å². The topological polar surface area (TPSA) is 57.7 Å². The molecule has 2 aromatic rings. The lowest BCUT2D eigenvalue weighted by molar-refractivity contribution is -0.144. The second kappa shape index (κ2) is 11.1. The number of hydrogen-bond donors (Lipinski definition) is 1. The number of amides is 1. The maximum absolute atomic E-state index is 13.6. The minimum atomic E-state index is -0.454. The van der Waals surface area contributed by atoms with Gasteiger partial charge in [-0.15, -0.1) is 0 Å². The number of carbonyl (C=O) groups is 1. The highest BCUT2D eigenvalue weighted by Crippen LogP contribution is 2.40. The minimum Gasteiger partial charge on any atom is -0.379 e. The van der Waals surface area contributed by atoms with Gasteiger partial charge in [0.25, 0.3) is 5.91 Å². The fraction of sp³-hybridized carbons (Fsp3) is 0.586. The molecule has 6 nitrogen and oxygen atoms in total. The van der Waals surface area contributed by atoms with Crippen LogP contribution in [-0.2, 0) is 21.4 Å². The molecule has 1 aromatic carbocycles. The van der Waals surface area contributed by atoms with E-state index in [1.807, 2.05) is 17.2 Å². The summed E-state index contributed by atoms with van der Waals surface area (Å²) in [7, 11) is 1.67. The Bertz CT molecular complexity index is 968. The first kappa shape index (κ1) is 24.3. The predicted octanol–water partition coefficient (Wildman–Crippen LogP) is 4.26. The van der Waals surface area contributed by atoms with Crippen LogP contribution in [0.3, 0.4) is 0 Å². The fourth-order valence-corrected chi connectivity index (χ4v) is 6.47. The van der Waals surface area contributed by atoms with E-state index in [1.54, 1.807) is 7.11 Å². The third-order valence-electron chi connectivity index (χ3n) is 8.58. The second-order valence-corrected chi connectivity index (χ2v) is 10.6. The molecule has 1 amide bonds. The van der Waals surface area contributed by atoms with Gasteiger partial charge in [-0.2, -0.15) is 0 Å². The van der Waals surface area contributed by atoms with Crippen molar-refractivity contribution in [2.24, 2.45) is 0 Å². The number of hydrogen-bond acceptors (Lipinski definition) is 5. The Kier molecular flexibility index (Phi) is 7.69. The molecule has 3 aliphatic rings. The Morgan fingerprint density at radius 2 is 1.94 bits per heavy atom. The van der Waals surface area contributed by atoms with E-state index in [0.717, 1.165) is 50.9 Å². The quantitative estimate of drug-likeness (QED) is 0.617. The molecule has 35 heavy (non-hydrogen) atoms. The molecule has 188 valence electrons. The summed E-state index contributed by atoms with van der Waals surface area (Å²) in [6.07, 6.45) is 12.4. The molecule has 2 atom stereocenters. The number of para-hydroxylation sites is 1. The number of nitrogens with one attached hydrogen (secondary N) is 1. The van der Waals surface area contributed by atoms with Gasteiger partial charge < -0.3 is 19.9 Å². The lowest BCUT2D eigenvalue weighted by Gasteiger charge is -2.44. The summed E-state index contributed by atoms with van der Waals surface area (Å²) >= 11 is 0. The number of aromatic nitrogens is 1. The Hall–Kier alpha value is -2.44. The lowest BCUT2D eigenvalue weighted by Crippen LogP contribution is -2.53. The van der Waals surface area contributed by atoms with E-state index in [4.69, 9.17) is 4.74 Å². The zero-order chi connectivity index (χ0) is 24.1. The molecule has 1 N–H and O–H groups in total. The van der Waals surface area contributed by atoms with Gasteiger partial charge in [-0.05, 0) is 94.3 Å². The van der Waals surface area contributed by atoms with Crippen LogP contribution >= 0.6 is 0 Å². The van der Waals surface area contributed by atoms with Gasteiger partial charge in [0, 0.05) is 43.7 Å². The van der Waals surface area contributed by atoms with Crippen LogP contribution in [-0.4, -0.2) is 72.7 Å². The molecule has 0 bridgehead atoms. The van der Waals surface area contributed by atoms with Crippen molar-refractivity contribution < 1.29 is 9.53 Å². The van der Waals surface area contributed by atoms with Gasteiger partial charge in [-0.25, -0.2) is 0 Å². The van der Waals surface area contributed by atoms with Crippen molar-refractivity contribution in [2.45, 2.75) is 68.9 Å². The van der Waals surface area contributed by atoms with Crippen LogP contribution in [0, 0.1) is 0 Å². The number of fused-ring (bicyclic) bond motifs is 1. The second-order valence-electron chi connectivity index (χ2n) is 10.6. The average molecular weight is 477 g/mol. The third-order valence-corrected chi connectivity index (χ3v) is 8.58. The molecule has 2 saturated heterocycles. The smallest absolute Gasteiger partial charge is 0.253 e. The summed E-state index contributed by atoms with van der Waals surface area (Å²) in [6, 6.07) is 12.7. The number of carbonyl (C=O) groups excluding carboxylic acids is 1. The van der Waals surface area contributed by atoms with E-state index < -0.39 is 6.10 Å². The predicted molar refractivity (Wildman–Crippen MR) is 140 cm³/mol. The summed E-state index contributed by atoms with van der Waals surface area (Å²) in [5.74, 6) is 0.126. The minimum absolute atomic E-state index is 0.00729. The molecular weight excluding hydrogens is 436 g/mol. The molecule has 6 heteroatoms. The van der Waals surface area contributed by atoms with Crippen LogP contribution in [0.15, 0.2) is 48.8 Å². The molecule has 3 aliphatic heterocycles. The standard InChI is InChI=1S/C29H40N4O2/c1-35-27(26-12-11-23-8-2-3-10-25(23)31-26)28(34)33-20-14-29(15-21-33,24-9-6-16-30-22-24)13-7-19-32-17-4-5-18-32/h2-3,6,8-10,16,22,26-27,31H,4-5,7,11-15,17-21H2,1H3. The van der Waals surface area contributed by atoms with Gasteiger partial charge in [0.1, 0.15) is 0 Å². The Balaban J connectivity index is 1.23. The maximum atomic E-state index is 13.6. The Labute approximate surface area is 210 Å². The van der Waals surface area contributed by atoms with Crippen molar-refractivity contribution in [1.29, 1.82) is 0 Å². The number of benzene rings is 1. The number of anilines is 1. The van der Waals surface area contributed by atoms with E-state index in [9.17, 15) is 4.79 Å². The normalized spacial score (nSPS) is 22.9. The molecule has 0 aliphatic carbocycles. The highest BCUT2D eigenvalue weighted by Gasteiger charge is 2.40. The molecule has 2 fully saturated rings.